The fourth-order valence-electron chi connectivity index (χ4n) is 3.32. The number of ether oxygens (including phenoxy) is 2. The van der Waals surface area contributed by atoms with Gasteiger partial charge in [-0.1, -0.05) is 31.0 Å². The van der Waals surface area contributed by atoms with E-state index in [1.807, 2.05) is 12.1 Å². The molecule has 2 N–H and O–H groups in total. The van der Waals surface area contributed by atoms with Crippen LogP contribution in [-0.2, 0) is 20.9 Å². The maximum Gasteiger partial charge on any atom is 0.375 e. The van der Waals surface area contributed by atoms with Gasteiger partial charge in [-0.05, 0) is 25.8 Å². The quantitative estimate of drug-likeness (QED) is 0.737. The Morgan fingerprint density at radius 2 is 1.93 bits per heavy atom. The summed E-state index contributed by atoms with van der Waals surface area (Å²) in [6.45, 7) is 1.56. The predicted octanol–water partition coefficient (Wildman–Crippen LogP) is 2.89. The first-order valence-electron chi connectivity index (χ1n) is 9.31. The largest absolute Gasteiger partial charge is 0.449 e. The molecule has 0 aliphatic heterocycles. The van der Waals surface area contributed by atoms with Gasteiger partial charge < -0.3 is 19.2 Å². The second-order valence-corrected chi connectivity index (χ2v) is 6.83. The van der Waals surface area contributed by atoms with Gasteiger partial charge in [0.25, 0.3) is 5.91 Å². The minimum absolute atomic E-state index is 0.0156. The van der Waals surface area contributed by atoms with Crippen molar-refractivity contribution in [3.05, 3.63) is 35.6 Å². The van der Waals surface area contributed by atoms with Gasteiger partial charge in [-0.3, -0.25) is 10.1 Å². The van der Waals surface area contributed by atoms with Crippen molar-refractivity contribution in [2.75, 3.05) is 7.11 Å². The zero-order chi connectivity index (χ0) is 20.1. The number of esters is 1. The second-order valence-electron chi connectivity index (χ2n) is 6.83. The number of urea groups is 1. The molecule has 1 aromatic heterocycles. The number of benzene rings is 1. The highest BCUT2D eigenvalue weighted by molar-refractivity contribution is 6.00. The Kier molecular flexibility index (Phi) is 6.30. The molecule has 1 atom stereocenters. The number of hydrogen-bond donors (Lipinski definition) is 2. The average Bonchev–Trinajstić information content (AvgIpc) is 3.30. The highest BCUT2D eigenvalue weighted by Crippen LogP contribution is 2.27. The van der Waals surface area contributed by atoms with Crippen LogP contribution in [0.4, 0.5) is 4.79 Å². The predicted molar refractivity (Wildman–Crippen MR) is 101 cm³/mol. The summed E-state index contributed by atoms with van der Waals surface area (Å²) < 4.78 is 16.0. The molecule has 2 aromatic rings. The highest BCUT2D eigenvalue weighted by atomic mass is 16.6. The summed E-state index contributed by atoms with van der Waals surface area (Å²) in [5, 5.41) is 5.70. The van der Waals surface area contributed by atoms with Gasteiger partial charge in [0.2, 0.25) is 5.76 Å². The third kappa shape index (κ3) is 4.51. The van der Waals surface area contributed by atoms with Crippen LogP contribution in [0.3, 0.4) is 0 Å². The first kappa shape index (κ1) is 19.9. The van der Waals surface area contributed by atoms with E-state index in [1.54, 1.807) is 12.1 Å². The van der Waals surface area contributed by atoms with Gasteiger partial charge in [-0.2, -0.15) is 0 Å². The van der Waals surface area contributed by atoms with Crippen molar-refractivity contribution in [3.8, 4) is 0 Å². The fraction of sp³-hybridized carbons (Fsp3) is 0.450. The zero-order valence-electron chi connectivity index (χ0n) is 15.9. The van der Waals surface area contributed by atoms with Crippen LogP contribution in [0.1, 0.15) is 48.7 Å². The standard InChI is InChI=1S/C20H24N2O6/c1-12(18(23)22-20(25)21-13-7-3-4-8-13)27-19(24)17-15(11-26-2)14-9-5-6-10-16(14)28-17/h5-6,9-10,12-13H,3-4,7-8,11H2,1-2H3,(H2,21,22,23,25)/t12-/m0/s1. The summed E-state index contributed by atoms with van der Waals surface area (Å²) in [5.74, 6) is -1.51. The molecule has 0 spiro atoms. The van der Waals surface area contributed by atoms with Crippen molar-refractivity contribution in [1.29, 1.82) is 0 Å². The first-order chi connectivity index (χ1) is 13.5. The molecule has 1 heterocycles. The lowest BCUT2D eigenvalue weighted by Gasteiger charge is -2.15. The molecular formula is C20H24N2O6. The summed E-state index contributed by atoms with van der Waals surface area (Å²) in [4.78, 5) is 36.6. The molecule has 28 heavy (non-hydrogen) atoms. The fourth-order valence-corrected chi connectivity index (χ4v) is 3.32. The number of carbonyl (C=O) groups is 3. The summed E-state index contributed by atoms with van der Waals surface area (Å²) >= 11 is 0. The lowest BCUT2D eigenvalue weighted by Crippen LogP contribution is -2.47. The minimum Gasteiger partial charge on any atom is -0.449 e. The Balaban J connectivity index is 1.63. The molecule has 0 radical (unpaired) electrons. The van der Waals surface area contributed by atoms with Gasteiger partial charge in [-0.25, -0.2) is 9.59 Å². The van der Waals surface area contributed by atoms with E-state index < -0.39 is 24.0 Å². The number of hydrogen-bond acceptors (Lipinski definition) is 6. The molecule has 1 aromatic carbocycles. The van der Waals surface area contributed by atoms with E-state index in [0.717, 1.165) is 31.1 Å². The van der Waals surface area contributed by atoms with Crippen LogP contribution >= 0.6 is 0 Å². The molecule has 1 fully saturated rings. The molecule has 8 nitrogen and oxygen atoms in total. The molecule has 1 aliphatic carbocycles. The zero-order valence-corrected chi connectivity index (χ0v) is 15.9. The maximum atomic E-state index is 12.5. The van der Waals surface area contributed by atoms with E-state index in [-0.39, 0.29) is 18.4 Å². The molecule has 0 bridgehead atoms. The molecular weight excluding hydrogens is 364 g/mol. The Bertz CT molecular complexity index is 869. The van der Waals surface area contributed by atoms with E-state index in [0.29, 0.717) is 11.1 Å². The van der Waals surface area contributed by atoms with Gasteiger partial charge in [0.05, 0.1) is 6.61 Å². The van der Waals surface area contributed by atoms with Crippen molar-refractivity contribution < 1.29 is 28.3 Å². The van der Waals surface area contributed by atoms with Gasteiger partial charge in [-0.15, -0.1) is 0 Å². The number of carbonyl (C=O) groups excluding carboxylic acids is 3. The lowest BCUT2D eigenvalue weighted by atomic mass is 10.1. The molecule has 8 heteroatoms. The number of para-hydroxylation sites is 1. The van der Waals surface area contributed by atoms with E-state index >= 15 is 0 Å². The van der Waals surface area contributed by atoms with Crippen LogP contribution < -0.4 is 10.6 Å². The number of nitrogens with one attached hydrogen (secondary N) is 2. The van der Waals surface area contributed by atoms with Crippen molar-refractivity contribution in [3.63, 3.8) is 0 Å². The molecule has 1 aliphatic rings. The minimum atomic E-state index is -1.16. The van der Waals surface area contributed by atoms with Crippen LogP contribution in [0, 0.1) is 0 Å². The third-order valence-electron chi connectivity index (χ3n) is 4.75. The topological polar surface area (TPSA) is 107 Å². The van der Waals surface area contributed by atoms with Gasteiger partial charge >= 0.3 is 12.0 Å². The Hall–Kier alpha value is -2.87. The smallest absolute Gasteiger partial charge is 0.375 e. The normalized spacial score (nSPS) is 15.4. The Morgan fingerprint density at radius 3 is 2.64 bits per heavy atom. The van der Waals surface area contributed by atoms with Gasteiger partial charge in [0.1, 0.15) is 5.58 Å². The maximum absolute atomic E-state index is 12.5. The first-order valence-corrected chi connectivity index (χ1v) is 9.31. The van der Waals surface area contributed by atoms with Crippen LogP contribution in [0.2, 0.25) is 0 Å². The molecule has 3 amide bonds. The van der Waals surface area contributed by atoms with Crippen molar-refractivity contribution in [1.82, 2.24) is 10.6 Å². The summed E-state index contributed by atoms with van der Waals surface area (Å²) in [5.41, 5.74) is 1.07. The van der Waals surface area contributed by atoms with Crippen LogP contribution in [0.15, 0.2) is 28.7 Å². The van der Waals surface area contributed by atoms with E-state index in [4.69, 9.17) is 13.9 Å². The van der Waals surface area contributed by atoms with Crippen LogP contribution in [-0.4, -0.2) is 37.2 Å². The Morgan fingerprint density at radius 1 is 1.21 bits per heavy atom. The van der Waals surface area contributed by atoms with Gasteiger partial charge in [0, 0.05) is 24.1 Å². The summed E-state index contributed by atoms with van der Waals surface area (Å²) in [6.07, 6.45) is 2.77. The highest BCUT2D eigenvalue weighted by Gasteiger charge is 2.27. The summed E-state index contributed by atoms with van der Waals surface area (Å²) in [7, 11) is 1.51. The van der Waals surface area contributed by atoms with E-state index in [1.165, 1.54) is 14.0 Å². The molecule has 1 saturated carbocycles. The number of imide groups is 1. The summed E-state index contributed by atoms with van der Waals surface area (Å²) in [6, 6.07) is 6.66. The van der Waals surface area contributed by atoms with Gasteiger partial charge in [0.15, 0.2) is 6.10 Å². The number of rotatable bonds is 6. The number of fused-ring (bicyclic) bond motifs is 1. The average molecular weight is 388 g/mol. The van der Waals surface area contributed by atoms with Crippen molar-refractivity contribution in [2.45, 2.75) is 51.4 Å². The molecule has 150 valence electrons. The second kappa shape index (κ2) is 8.88. The number of amides is 3. The lowest BCUT2D eigenvalue weighted by molar-refractivity contribution is -0.128. The van der Waals surface area contributed by atoms with E-state index in [2.05, 4.69) is 10.6 Å². The molecule has 0 saturated heterocycles. The van der Waals surface area contributed by atoms with E-state index in [9.17, 15) is 14.4 Å². The Labute approximate surface area is 162 Å². The number of methoxy groups -OCH3 is 1. The van der Waals surface area contributed by atoms with Crippen molar-refractivity contribution >= 4 is 28.9 Å². The molecule has 0 unspecified atom stereocenters. The molecule has 3 rings (SSSR count). The third-order valence-corrected chi connectivity index (χ3v) is 4.75. The van der Waals surface area contributed by atoms with Crippen molar-refractivity contribution in [2.24, 2.45) is 0 Å². The van der Waals surface area contributed by atoms with Crippen LogP contribution in [0.25, 0.3) is 11.0 Å². The number of furan rings is 1. The monoisotopic (exact) mass is 388 g/mol. The SMILES string of the molecule is COCc1c(C(=O)O[C@@H](C)C(=O)NC(=O)NC2CCCC2)oc2ccccc12. The van der Waals surface area contributed by atoms with Crippen LogP contribution in [0.5, 0.6) is 0 Å².